The second-order valence-electron chi connectivity index (χ2n) is 6.38. The molecule has 0 spiro atoms. The van der Waals surface area contributed by atoms with E-state index in [2.05, 4.69) is 25.6 Å². The minimum absolute atomic E-state index is 0.132. The molecule has 2 aromatic carbocycles. The van der Waals surface area contributed by atoms with Gasteiger partial charge in [-0.2, -0.15) is 0 Å². The molecule has 0 unspecified atom stereocenters. The first-order valence-corrected chi connectivity index (χ1v) is 10.4. The highest BCUT2D eigenvalue weighted by atomic mass is 32.2. The van der Waals surface area contributed by atoms with Crippen LogP contribution in [0.5, 0.6) is 5.75 Å². The second kappa shape index (κ2) is 9.36. The monoisotopic (exact) mass is 420 g/mol. The van der Waals surface area contributed by atoms with E-state index >= 15 is 0 Å². The van der Waals surface area contributed by atoms with Crippen LogP contribution in [0.25, 0.3) is 11.2 Å². The molecule has 152 valence electrons. The maximum absolute atomic E-state index is 12.3. The van der Waals surface area contributed by atoms with Crippen molar-refractivity contribution in [1.29, 1.82) is 0 Å². The van der Waals surface area contributed by atoms with Gasteiger partial charge >= 0.3 is 0 Å². The predicted octanol–water partition coefficient (Wildman–Crippen LogP) is 3.40. The number of nitrogens with one attached hydrogen (secondary N) is 1. The molecular formula is C21H20N6O2S. The lowest BCUT2D eigenvalue weighted by atomic mass is 10.2. The summed E-state index contributed by atoms with van der Waals surface area (Å²) in [6.45, 7) is 3.10. The number of amides is 1. The van der Waals surface area contributed by atoms with E-state index < -0.39 is 0 Å². The smallest absolute Gasteiger partial charge is 0.234 e. The number of aromatic nitrogens is 5. The Kier molecular flexibility index (Phi) is 6.19. The molecule has 0 saturated heterocycles. The molecule has 0 bridgehead atoms. The summed E-state index contributed by atoms with van der Waals surface area (Å²) in [6, 6.07) is 17.2. The van der Waals surface area contributed by atoms with E-state index in [1.165, 1.54) is 18.1 Å². The fourth-order valence-electron chi connectivity index (χ4n) is 2.87. The molecule has 0 radical (unpaired) electrons. The van der Waals surface area contributed by atoms with Gasteiger partial charge in [0, 0.05) is 5.69 Å². The number of thioether (sulfide) groups is 1. The van der Waals surface area contributed by atoms with Gasteiger partial charge in [-0.3, -0.25) is 4.79 Å². The molecule has 1 N–H and O–H groups in total. The van der Waals surface area contributed by atoms with Crippen molar-refractivity contribution >= 4 is 34.5 Å². The number of carbonyl (C=O) groups is 1. The summed E-state index contributed by atoms with van der Waals surface area (Å²) in [5.74, 6) is 0.838. The van der Waals surface area contributed by atoms with Crippen molar-refractivity contribution in [3.63, 3.8) is 0 Å². The lowest BCUT2D eigenvalue weighted by Gasteiger charge is -2.07. The maximum atomic E-state index is 12.3. The Balaban J connectivity index is 1.40. The van der Waals surface area contributed by atoms with Crippen molar-refractivity contribution in [2.75, 3.05) is 17.7 Å². The van der Waals surface area contributed by atoms with Crippen LogP contribution < -0.4 is 10.1 Å². The summed E-state index contributed by atoms with van der Waals surface area (Å²) >= 11 is 1.30. The first-order valence-electron chi connectivity index (χ1n) is 9.46. The van der Waals surface area contributed by atoms with Crippen molar-refractivity contribution in [3.05, 3.63) is 66.5 Å². The van der Waals surface area contributed by atoms with Crippen LogP contribution in [0.4, 0.5) is 5.69 Å². The summed E-state index contributed by atoms with van der Waals surface area (Å²) in [5.41, 5.74) is 3.05. The average molecular weight is 420 g/mol. The molecule has 9 heteroatoms. The van der Waals surface area contributed by atoms with Crippen LogP contribution in [0.3, 0.4) is 0 Å². The third kappa shape index (κ3) is 4.74. The Labute approximate surface area is 177 Å². The zero-order valence-corrected chi connectivity index (χ0v) is 17.2. The minimum atomic E-state index is -0.132. The average Bonchev–Trinajstić information content (AvgIpc) is 3.18. The van der Waals surface area contributed by atoms with Gasteiger partial charge in [0.15, 0.2) is 11.2 Å². The lowest BCUT2D eigenvalue weighted by molar-refractivity contribution is -0.113. The van der Waals surface area contributed by atoms with Gasteiger partial charge in [0.05, 0.1) is 18.9 Å². The molecule has 0 aliphatic carbocycles. The lowest BCUT2D eigenvalue weighted by Crippen LogP contribution is -2.14. The number of fused-ring (bicyclic) bond motifs is 1. The normalized spacial score (nSPS) is 10.8. The number of carbonyl (C=O) groups excluding carboxylic acids is 1. The second-order valence-corrected chi connectivity index (χ2v) is 7.34. The number of ether oxygens (including phenoxy) is 1. The SMILES string of the molecule is CCOc1ccc(NC(=O)CSc2ncnc3c2nnn3Cc2ccccc2)cc1. The number of rotatable bonds is 8. The molecule has 0 saturated carbocycles. The number of hydrogen-bond acceptors (Lipinski definition) is 7. The summed E-state index contributed by atoms with van der Waals surface area (Å²) in [4.78, 5) is 20.9. The van der Waals surface area contributed by atoms with Crippen LogP contribution in [0.2, 0.25) is 0 Å². The number of anilines is 1. The molecule has 0 fully saturated rings. The van der Waals surface area contributed by atoms with Gasteiger partial charge in [-0.1, -0.05) is 47.3 Å². The molecule has 1 amide bonds. The minimum Gasteiger partial charge on any atom is -0.494 e. The van der Waals surface area contributed by atoms with Gasteiger partial charge in [-0.15, -0.1) is 5.10 Å². The Morgan fingerprint density at radius 1 is 1.10 bits per heavy atom. The van der Waals surface area contributed by atoms with E-state index in [1.54, 1.807) is 4.68 Å². The molecule has 2 heterocycles. The quantitative estimate of drug-likeness (QED) is 0.345. The Bertz CT molecular complexity index is 1130. The van der Waals surface area contributed by atoms with E-state index in [-0.39, 0.29) is 11.7 Å². The van der Waals surface area contributed by atoms with Crippen molar-refractivity contribution in [2.24, 2.45) is 0 Å². The summed E-state index contributed by atoms with van der Waals surface area (Å²) in [5, 5.41) is 11.9. The zero-order valence-electron chi connectivity index (χ0n) is 16.4. The van der Waals surface area contributed by atoms with Crippen LogP contribution in [0.15, 0.2) is 66.0 Å². The Morgan fingerprint density at radius 2 is 1.90 bits per heavy atom. The highest BCUT2D eigenvalue weighted by Crippen LogP contribution is 2.23. The van der Waals surface area contributed by atoms with Crippen LogP contribution in [-0.4, -0.2) is 43.2 Å². The molecule has 4 rings (SSSR count). The largest absolute Gasteiger partial charge is 0.494 e. The van der Waals surface area contributed by atoms with Crippen LogP contribution in [0, 0.1) is 0 Å². The standard InChI is InChI=1S/C21H20N6O2S/c1-2-29-17-10-8-16(9-11-17)24-18(28)13-30-21-19-20(22-14-23-21)27(26-25-19)12-15-6-4-3-5-7-15/h3-11,14H,2,12-13H2,1H3,(H,24,28). The van der Waals surface area contributed by atoms with Crippen LogP contribution >= 0.6 is 11.8 Å². The molecule has 0 aliphatic heterocycles. The van der Waals surface area contributed by atoms with Crippen molar-refractivity contribution < 1.29 is 9.53 Å². The summed E-state index contributed by atoms with van der Waals surface area (Å²) in [6.07, 6.45) is 1.47. The van der Waals surface area contributed by atoms with Gasteiger partial charge < -0.3 is 10.1 Å². The van der Waals surface area contributed by atoms with E-state index in [4.69, 9.17) is 4.74 Å². The molecule has 8 nitrogen and oxygen atoms in total. The Morgan fingerprint density at radius 3 is 2.67 bits per heavy atom. The first kappa shape index (κ1) is 19.8. The van der Waals surface area contributed by atoms with Gasteiger partial charge in [-0.05, 0) is 36.8 Å². The van der Waals surface area contributed by atoms with E-state index in [9.17, 15) is 4.79 Å². The third-order valence-electron chi connectivity index (χ3n) is 4.23. The van der Waals surface area contributed by atoms with Crippen LogP contribution in [0.1, 0.15) is 12.5 Å². The van der Waals surface area contributed by atoms with Crippen molar-refractivity contribution in [1.82, 2.24) is 25.0 Å². The highest BCUT2D eigenvalue weighted by Gasteiger charge is 2.14. The topological polar surface area (TPSA) is 94.8 Å². The molecule has 2 aromatic heterocycles. The first-order chi connectivity index (χ1) is 14.7. The fraction of sp³-hybridized carbons (Fsp3) is 0.190. The number of nitrogens with zero attached hydrogens (tertiary/aromatic N) is 5. The Hall–Kier alpha value is -3.46. The molecule has 0 atom stereocenters. The van der Waals surface area contributed by atoms with E-state index in [0.29, 0.717) is 35.0 Å². The van der Waals surface area contributed by atoms with Crippen LogP contribution in [-0.2, 0) is 11.3 Å². The van der Waals surface area contributed by atoms with Crippen molar-refractivity contribution in [3.8, 4) is 5.75 Å². The van der Waals surface area contributed by atoms with E-state index in [0.717, 1.165) is 11.3 Å². The molecular weight excluding hydrogens is 400 g/mol. The molecule has 4 aromatic rings. The van der Waals surface area contributed by atoms with Crippen molar-refractivity contribution in [2.45, 2.75) is 18.5 Å². The number of hydrogen-bond donors (Lipinski definition) is 1. The third-order valence-corrected chi connectivity index (χ3v) is 5.21. The highest BCUT2D eigenvalue weighted by molar-refractivity contribution is 8.00. The summed E-state index contributed by atoms with van der Waals surface area (Å²) in [7, 11) is 0. The molecule has 30 heavy (non-hydrogen) atoms. The predicted molar refractivity (Wildman–Crippen MR) is 116 cm³/mol. The molecule has 0 aliphatic rings. The maximum Gasteiger partial charge on any atom is 0.234 e. The number of benzene rings is 2. The van der Waals surface area contributed by atoms with Gasteiger partial charge in [0.25, 0.3) is 0 Å². The van der Waals surface area contributed by atoms with E-state index in [1.807, 2.05) is 61.5 Å². The van der Waals surface area contributed by atoms with Gasteiger partial charge in [0.1, 0.15) is 17.1 Å². The van der Waals surface area contributed by atoms with Gasteiger partial charge in [-0.25, -0.2) is 14.6 Å². The van der Waals surface area contributed by atoms with Gasteiger partial charge in [0.2, 0.25) is 5.91 Å². The fourth-order valence-corrected chi connectivity index (χ4v) is 3.60. The summed E-state index contributed by atoms with van der Waals surface area (Å²) < 4.78 is 7.14. The zero-order chi connectivity index (χ0) is 20.8.